The van der Waals surface area contributed by atoms with Crippen molar-refractivity contribution >= 4 is 23.2 Å². The molecule has 0 fully saturated rings. The highest BCUT2D eigenvalue weighted by Gasteiger charge is 2.38. The normalized spacial score (nSPS) is 17.4. The average Bonchev–Trinajstić information content (AvgIpc) is 2.84. The van der Waals surface area contributed by atoms with Gasteiger partial charge in [0.15, 0.2) is 0 Å². The van der Waals surface area contributed by atoms with E-state index in [2.05, 4.69) is 0 Å². The Morgan fingerprint density at radius 2 is 1.62 bits per heavy atom. The van der Waals surface area contributed by atoms with Crippen LogP contribution >= 0.6 is 0 Å². The maximum atomic E-state index is 13.7. The molecular weight excluding hydrogens is 400 g/mol. The van der Waals surface area contributed by atoms with Crippen LogP contribution in [0.4, 0.5) is 11.4 Å². The van der Waals surface area contributed by atoms with E-state index in [1.54, 1.807) is 31.4 Å². The van der Waals surface area contributed by atoms with Gasteiger partial charge in [0.1, 0.15) is 5.75 Å². The number of nitrogens with zero attached hydrogens (tertiary/aromatic N) is 2. The summed E-state index contributed by atoms with van der Waals surface area (Å²) in [5.41, 5.74) is 3.18. The zero-order valence-corrected chi connectivity index (χ0v) is 18.7. The van der Waals surface area contributed by atoms with Gasteiger partial charge >= 0.3 is 0 Å². The van der Waals surface area contributed by atoms with E-state index in [1.807, 2.05) is 78.2 Å². The summed E-state index contributed by atoms with van der Waals surface area (Å²) < 4.78 is 5.21. The highest BCUT2D eigenvalue weighted by Crippen LogP contribution is 2.40. The summed E-state index contributed by atoms with van der Waals surface area (Å²) in [5, 5.41) is 0. The Morgan fingerprint density at radius 1 is 0.969 bits per heavy atom. The quantitative estimate of drug-likeness (QED) is 0.556. The first-order valence-electron chi connectivity index (χ1n) is 11.0. The van der Waals surface area contributed by atoms with E-state index in [0.29, 0.717) is 24.3 Å². The Kier molecular flexibility index (Phi) is 6.26. The lowest BCUT2D eigenvalue weighted by atomic mass is 9.84. The molecule has 0 radical (unpaired) electrons. The number of amides is 2. The fraction of sp³-hybridized carbons (Fsp3) is 0.259. The maximum Gasteiger partial charge on any atom is 0.258 e. The average molecular weight is 429 g/mol. The van der Waals surface area contributed by atoms with E-state index in [9.17, 15) is 9.59 Å². The molecule has 0 spiro atoms. The predicted molar refractivity (Wildman–Crippen MR) is 128 cm³/mol. The third kappa shape index (κ3) is 3.98. The van der Waals surface area contributed by atoms with Gasteiger partial charge in [-0.1, -0.05) is 36.4 Å². The summed E-state index contributed by atoms with van der Waals surface area (Å²) in [5.74, 6) is 0.393. The number of para-hydroxylation sites is 2. The van der Waals surface area contributed by atoms with E-state index in [-0.39, 0.29) is 23.8 Å². The first-order chi connectivity index (χ1) is 15.5. The van der Waals surface area contributed by atoms with Gasteiger partial charge in [0.2, 0.25) is 5.91 Å². The molecule has 0 saturated carbocycles. The zero-order chi connectivity index (χ0) is 22.7. The molecule has 0 unspecified atom stereocenters. The molecule has 0 bridgehead atoms. The van der Waals surface area contributed by atoms with E-state index < -0.39 is 0 Å². The highest BCUT2D eigenvalue weighted by molar-refractivity contribution is 6.09. The van der Waals surface area contributed by atoms with Crippen molar-refractivity contribution in [2.75, 3.05) is 23.5 Å². The van der Waals surface area contributed by atoms with Crippen molar-refractivity contribution in [2.24, 2.45) is 0 Å². The molecule has 0 aromatic heterocycles. The van der Waals surface area contributed by atoms with Crippen molar-refractivity contribution in [1.82, 2.24) is 0 Å². The van der Waals surface area contributed by atoms with Crippen LogP contribution in [0.5, 0.6) is 5.75 Å². The van der Waals surface area contributed by atoms with Crippen LogP contribution in [0.1, 0.15) is 42.1 Å². The smallest absolute Gasteiger partial charge is 0.258 e. The lowest BCUT2D eigenvalue weighted by Crippen LogP contribution is -2.46. The number of hydrogen-bond acceptors (Lipinski definition) is 3. The maximum absolute atomic E-state index is 13.7. The van der Waals surface area contributed by atoms with Crippen LogP contribution in [-0.4, -0.2) is 31.5 Å². The Morgan fingerprint density at radius 3 is 2.28 bits per heavy atom. The molecule has 0 aliphatic carbocycles. The SMILES string of the molecule is CCN(C(=O)[C@@H]1C[C@@H](C)N(C(=O)c2ccc(OC)cc2)c2ccccc21)c1ccccc1. The van der Waals surface area contributed by atoms with Crippen LogP contribution in [0.25, 0.3) is 0 Å². The molecule has 3 aromatic carbocycles. The Balaban J connectivity index is 1.69. The second-order valence-electron chi connectivity index (χ2n) is 8.02. The number of rotatable bonds is 5. The molecule has 0 N–H and O–H groups in total. The van der Waals surface area contributed by atoms with Crippen LogP contribution in [-0.2, 0) is 4.79 Å². The molecular formula is C27H28N2O3. The number of fused-ring (bicyclic) bond motifs is 1. The fourth-order valence-corrected chi connectivity index (χ4v) is 4.49. The number of likely N-dealkylation sites (N-methyl/N-ethyl adjacent to an activating group) is 1. The minimum Gasteiger partial charge on any atom is -0.497 e. The summed E-state index contributed by atoms with van der Waals surface area (Å²) in [7, 11) is 1.60. The Labute approximate surface area is 189 Å². The van der Waals surface area contributed by atoms with Gasteiger partial charge in [-0.2, -0.15) is 0 Å². The molecule has 2 atom stereocenters. The number of ether oxygens (including phenoxy) is 1. The van der Waals surface area contributed by atoms with E-state index in [4.69, 9.17) is 4.74 Å². The number of carbonyl (C=O) groups excluding carboxylic acids is 2. The first kappa shape index (κ1) is 21.6. The second kappa shape index (κ2) is 9.27. The summed E-state index contributed by atoms with van der Waals surface area (Å²) in [4.78, 5) is 30.8. The number of benzene rings is 3. The van der Waals surface area contributed by atoms with Crippen LogP contribution in [0.3, 0.4) is 0 Å². The summed E-state index contributed by atoms with van der Waals surface area (Å²) in [6.45, 7) is 4.59. The van der Waals surface area contributed by atoms with Crippen molar-refractivity contribution in [2.45, 2.75) is 32.2 Å². The predicted octanol–water partition coefficient (Wildman–Crippen LogP) is 5.27. The lowest BCUT2D eigenvalue weighted by Gasteiger charge is -2.40. The van der Waals surface area contributed by atoms with E-state index in [0.717, 1.165) is 16.9 Å². The van der Waals surface area contributed by atoms with Crippen molar-refractivity contribution in [3.63, 3.8) is 0 Å². The molecule has 3 aromatic rings. The third-order valence-corrected chi connectivity index (χ3v) is 6.09. The third-order valence-electron chi connectivity index (χ3n) is 6.09. The summed E-state index contributed by atoms with van der Waals surface area (Å²) >= 11 is 0. The van der Waals surface area contributed by atoms with E-state index in [1.165, 1.54) is 0 Å². The molecule has 1 aliphatic rings. The van der Waals surface area contributed by atoms with Crippen LogP contribution in [0.2, 0.25) is 0 Å². The van der Waals surface area contributed by atoms with Crippen LogP contribution < -0.4 is 14.5 Å². The van der Waals surface area contributed by atoms with E-state index >= 15 is 0 Å². The molecule has 5 nitrogen and oxygen atoms in total. The summed E-state index contributed by atoms with van der Waals surface area (Å²) in [6.07, 6.45) is 0.571. The topological polar surface area (TPSA) is 49.9 Å². The highest BCUT2D eigenvalue weighted by atomic mass is 16.5. The molecule has 5 heteroatoms. The molecule has 2 amide bonds. The number of anilines is 2. The van der Waals surface area contributed by atoms with Gasteiger partial charge in [-0.05, 0) is 68.3 Å². The molecule has 1 heterocycles. The molecule has 1 aliphatic heterocycles. The van der Waals surface area contributed by atoms with Gasteiger partial charge in [0.25, 0.3) is 5.91 Å². The van der Waals surface area contributed by atoms with Crippen molar-refractivity contribution in [3.05, 3.63) is 90.0 Å². The molecule has 0 saturated heterocycles. The standard InChI is InChI=1S/C27H28N2O3/c1-4-28(21-10-6-5-7-11-21)27(31)24-18-19(2)29(25-13-9-8-12-23(24)25)26(30)20-14-16-22(32-3)17-15-20/h5-17,19,24H,4,18H2,1-3H3/t19-,24-/m1/s1. The van der Waals surface area contributed by atoms with Gasteiger partial charge in [-0.25, -0.2) is 0 Å². The minimum atomic E-state index is -0.304. The Bertz CT molecular complexity index is 1100. The van der Waals surface area contributed by atoms with Crippen molar-refractivity contribution < 1.29 is 14.3 Å². The lowest BCUT2D eigenvalue weighted by molar-refractivity contribution is -0.120. The van der Waals surface area contributed by atoms with Gasteiger partial charge in [0, 0.05) is 29.5 Å². The van der Waals surface area contributed by atoms with Crippen LogP contribution in [0, 0.1) is 0 Å². The van der Waals surface area contributed by atoms with Crippen molar-refractivity contribution in [3.8, 4) is 5.75 Å². The molecule has 32 heavy (non-hydrogen) atoms. The first-order valence-corrected chi connectivity index (χ1v) is 11.0. The zero-order valence-electron chi connectivity index (χ0n) is 18.7. The van der Waals surface area contributed by atoms with Crippen LogP contribution in [0.15, 0.2) is 78.9 Å². The monoisotopic (exact) mass is 428 g/mol. The fourth-order valence-electron chi connectivity index (χ4n) is 4.49. The number of hydrogen-bond donors (Lipinski definition) is 0. The number of carbonyl (C=O) groups is 2. The second-order valence-corrected chi connectivity index (χ2v) is 8.02. The Hall–Kier alpha value is -3.60. The van der Waals surface area contributed by atoms with Gasteiger partial charge in [-0.3, -0.25) is 9.59 Å². The summed E-state index contributed by atoms with van der Waals surface area (Å²) in [6, 6.07) is 24.5. The van der Waals surface area contributed by atoms with Gasteiger partial charge in [-0.15, -0.1) is 0 Å². The van der Waals surface area contributed by atoms with Crippen molar-refractivity contribution in [1.29, 1.82) is 0 Å². The minimum absolute atomic E-state index is 0.0644. The number of methoxy groups -OCH3 is 1. The molecule has 164 valence electrons. The molecule has 4 rings (SSSR count). The van der Waals surface area contributed by atoms with Gasteiger partial charge < -0.3 is 14.5 Å². The largest absolute Gasteiger partial charge is 0.497 e. The van der Waals surface area contributed by atoms with Gasteiger partial charge in [0.05, 0.1) is 13.0 Å².